The lowest BCUT2D eigenvalue weighted by Crippen LogP contribution is -2.34. The molecule has 0 rings (SSSR count). The highest BCUT2D eigenvalue weighted by Gasteiger charge is 2.11. The molecule has 0 fully saturated rings. The van der Waals surface area contributed by atoms with Gasteiger partial charge in [0, 0.05) is 0 Å². The minimum Gasteiger partial charge on any atom is -0.480 e. The van der Waals surface area contributed by atoms with Gasteiger partial charge in [-0.2, -0.15) is 0 Å². The van der Waals surface area contributed by atoms with Crippen molar-refractivity contribution in [3.8, 4) is 0 Å². The van der Waals surface area contributed by atoms with Crippen LogP contribution in [0, 0.1) is 0 Å². The summed E-state index contributed by atoms with van der Waals surface area (Å²) < 4.78 is 4.47. The lowest BCUT2D eigenvalue weighted by molar-refractivity contribution is -0.139. The van der Waals surface area contributed by atoms with E-state index in [2.05, 4.69) is 4.74 Å². The Morgan fingerprint density at radius 2 is 2.25 bits per heavy atom. The van der Waals surface area contributed by atoms with Crippen molar-refractivity contribution in [1.29, 1.82) is 0 Å². The number of hydrazine groups is 1. The summed E-state index contributed by atoms with van der Waals surface area (Å²) >= 11 is 0. The number of hydrogen-bond acceptors (Lipinski definition) is 6. The van der Waals surface area contributed by atoms with E-state index in [1.165, 1.54) is 0 Å². The minimum absolute atomic E-state index is 0.320. The highest BCUT2D eigenvalue weighted by molar-refractivity contribution is 5.73. The van der Waals surface area contributed by atoms with Crippen LogP contribution in [0.2, 0.25) is 0 Å². The minimum atomic E-state index is -1.21. The average Bonchev–Trinajstić information content (AvgIpc) is 2.00. The fraction of sp³-hybridized carbons (Fsp3) is 0.400. The Balaban J connectivity index is 3.68. The van der Waals surface area contributed by atoms with Crippen molar-refractivity contribution < 1.29 is 19.7 Å². The smallest absolute Gasteiger partial charge is 0.324 e. The first-order chi connectivity index (χ1) is 5.57. The first-order valence-corrected chi connectivity index (χ1v) is 3.04. The van der Waals surface area contributed by atoms with Crippen molar-refractivity contribution in [2.24, 2.45) is 11.6 Å². The highest BCUT2D eigenvalue weighted by Crippen LogP contribution is 1.90. The summed E-state index contributed by atoms with van der Waals surface area (Å²) in [5, 5.41) is 17.0. The Morgan fingerprint density at radius 3 is 2.67 bits per heavy atom. The molecule has 0 aromatic heterocycles. The predicted molar refractivity (Wildman–Crippen MR) is 39.6 cm³/mol. The third-order valence-electron chi connectivity index (χ3n) is 0.935. The van der Waals surface area contributed by atoms with E-state index >= 15 is 0 Å². The first-order valence-electron chi connectivity index (χ1n) is 3.04. The van der Waals surface area contributed by atoms with E-state index in [-0.39, 0.29) is 6.61 Å². The fourth-order valence-electron chi connectivity index (χ4n) is 0.359. The summed E-state index contributed by atoms with van der Waals surface area (Å²) in [6.07, 6.45) is 0.953. The van der Waals surface area contributed by atoms with Gasteiger partial charge in [-0.1, -0.05) is 0 Å². The third kappa shape index (κ3) is 4.36. The van der Waals surface area contributed by atoms with Gasteiger partial charge in [-0.3, -0.25) is 10.6 Å². The van der Waals surface area contributed by atoms with Crippen molar-refractivity contribution in [2.75, 3.05) is 6.61 Å². The van der Waals surface area contributed by atoms with Crippen LogP contribution in [0.5, 0.6) is 0 Å². The first kappa shape index (κ1) is 10.5. The number of carboxylic acids is 1. The quantitative estimate of drug-likeness (QED) is 0.191. The molecular formula is C5H11N3O4. The van der Waals surface area contributed by atoms with Gasteiger partial charge in [-0.25, -0.2) is 0 Å². The molecule has 0 aromatic rings. The Labute approximate surface area is 68.6 Å². The molecular weight excluding hydrogens is 166 g/mol. The zero-order valence-electron chi connectivity index (χ0n) is 6.23. The van der Waals surface area contributed by atoms with Gasteiger partial charge in [-0.05, 0) is 0 Å². The molecule has 0 amide bonds. The molecule has 7 N–H and O–H groups in total. The maximum absolute atomic E-state index is 10.1. The molecule has 0 aliphatic carbocycles. The van der Waals surface area contributed by atoms with Crippen LogP contribution >= 0.6 is 0 Å². The van der Waals surface area contributed by atoms with Crippen molar-refractivity contribution in [3.63, 3.8) is 0 Å². The molecule has 0 saturated heterocycles. The maximum Gasteiger partial charge on any atom is 0.324 e. The van der Waals surface area contributed by atoms with Gasteiger partial charge < -0.3 is 26.1 Å². The normalized spacial score (nSPS) is 13.7. The van der Waals surface area contributed by atoms with Crippen LogP contribution in [0.15, 0.2) is 12.1 Å². The van der Waals surface area contributed by atoms with Gasteiger partial charge in [0.1, 0.15) is 12.6 Å². The Kier molecular flexibility index (Phi) is 4.58. The molecule has 0 heterocycles. The molecule has 0 spiro atoms. The van der Waals surface area contributed by atoms with Gasteiger partial charge in [0.15, 0.2) is 0 Å². The van der Waals surface area contributed by atoms with E-state index in [0.29, 0.717) is 0 Å². The van der Waals surface area contributed by atoms with Crippen LogP contribution in [-0.4, -0.2) is 28.8 Å². The fourth-order valence-corrected chi connectivity index (χ4v) is 0.359. The lowest BCUT2D eigenvalue weighted by atomic mass is 10.3. The van der Waals surface area contributed by atoms with E-state index in [1.54, 1.807) is 0 Å². The van der Waals surface area contributed by atoms with E-state index < -0.39 is 18.0 Å². The standard InChI is InChI=1S/C5H11N3O4/c6-3(5(10)11)2-12-4(9)1-8-7/h1,3,8-9H,2,6-7H2,(H,10,11)/b4-1+/t3-/m0/s1. The molecule has 0 unspecified atom stereocenters. The zero-order chi connectivity index (χ0) is 9.56. The number of nitrogens with one attached hydrogen (secondary N) is 1. The molecule has 1 atom stereocenters. The van der Waals surface area contributed by atoms with Crippen LogP contribution < -0.4 is 17.0 Å². The maximum atomic E-state index is 10.1. The summed E-state index contributed by atoms with van der Waals surface area (Å²) in [7, 11) is 0. The zero-order valence-corrected chi connectivity index (χ0v) is 6.23. The van der Waals surface area contributed by atoms with Crippen molar-refractivity contribution in [2.45, 2.75) is 6.04 Å². The summed E-state index contributed by atoms with van der Waals surface area (Å²) in [6, 6.07) is -1.17. The van der Waals surface area contributed by atoms with E-state index in [1.807, 2.05) is 5.43 Å². The average molecular weight is 177 g/mol. The van der Waals surface area contributed by atoms with E-state index in [0.717, 1.165) is 6.20 Å². The monoisotopic (exact) mass is 177 g/mol. The number of carboxylic acid groups (broad SMARTS) is 1. The van der Waals surface area contributed by atoms with Gasteiger partial charge in [0.2, 0.25) is 0 Å². The second kappa shape index (κ2) is 5.22. The number of nitrogens with two attached hydrogens (primary N) is 2. The summed E-state index contributed by atoms with van der Waals surface area (Å²) in [4.78, 5) is 10.1. The predicted octanol–water partition coefficient (Wildman–Crippen LogP) is -1.76. The van der Waals surface area contributed by atoms with Gasteiger partial charge >= 0.3 is 5.97 Å². The number of carbonyl (C=O) groups is 1. The van der Waals surface area contributed by atoms with Gasteiger partial charge in [0.25, 0.3) is 5.95 Å². The van der Waals surface area contributed by atoms with Crippen LogP contribution in [0.1, 0.15) is 0 Å². The molecule has 0 saturated carbocycles. The molecule has 0 aliphatic heterocycles. The van der Waals surface area contributed by atoms with Crippen molar-refractivity contribution >= 4 is 5.97 Å². The van der Waals surface area contributed by atoms with Crippen LogP contribution in [-0.2, 0) is 9.53 Å². The number of ether oxygens (including phenoxy) is 1. The van der Waals surface area contributed by atoms with Crippen molar-refractivity contribution in [3.05, 3.63) is 12.1 Å². The molecule has 0 radical (unpaired) electrons. The number of aliphatic hydroxyl groups excluding tert-OH is 1. The molecule has 70 valence electrons. The summed E-state index contributed by atoms with van der Waals surface area (Å²) in [5.74, 6) is 3.06. The van der Waals surface area contributed by atoms with Gasteiger partial charge in [0.05, 0.1) is 6.20 Å². The van der Waals surface area contributed by atoms with Crippen LogP contribution in [0.3, 0.4) is 0 Å². The molecule has 0 aliphatic rings. The van der Waals surface area contributed by atoms with Crippen LogP contribution in [0.4, 0.5) is 0 Å². The molecule has 0 aromatic carbocycles. The molecule has 0 bridgehead atoms. The Morgan fingerprint density at radius 1 is 1.67 bits per heavy atom. The number of hydrogen-bond donors (Lipinski definition) is 5. The van der Waals surface area contributed by atoms with Crippen LogP contribution in [0.25, 0.3) is 0 Å². The second-order valence-corrected chi connectivity index (χ2v) is 1.90. The van der Waals surface area contributed by atoms with E-state index in [4.69, 9.17) is 21.8 Å². The molecule has 7 heteroatoms. The van der Waals surface area contributed by atoms with E-state index in [9.17, 15) is 4.79 Å². The Bertz CT molecular complexity index is 182. The molecule has 7 nitrogen and oxygen atoms in total. The molecule has 12 heavy (non-hydrogen) atoms. The number of aliphatic hydroxyl groups is 1. The number of aliphatic carboxylic acids is 1. The largest absolute Gasteiger partial charge is 0.480 e. The van der Waals surface area contributed by atoms with Gasteiger partial charge in [-0.15, -0.1) is 0 Å². The lowest BCUT2D eigenvalue weighted by Gasteiger charge is -2.07. The van der Waals surface area contributed by atoms with Crippen molar-refractivity contribution in [1.82, 2.24) is 5.43 Å². The SMILES string of the molecule is NN/C=C(\O)OC[C@H](N)C(=O)O. The Hall–Kier alpha value is -1.47. The summed E-state index contributed by atoms with van der Waals surface area (Å²) in [5.41, 5.74) is 7.04. The summed E-state index contributed by atoms with van der Waals surface area (Å²) in [6.45, 7) is -0.320. The second-order valence-electron chi connectivity index (χ2n) is 1.90. The number of rotatable bonds is 5. The highest BCUT2D eigenvalue weighted by atomic mass is 16.6. The third-order valence-corrected chi connectivity index (χ3v) is 0.935. The topological polar surface area (TPSA) is 131 Å².